The van der Waals surface area contributed by atoms with E-state index in [1.165, 1.54) is 22.0 Å². The molecule has 0 saturated carbocycles. The van der Waals surface area contributed by atoms with Crippen molar-refractivity contribution in [3.05, 3.63) is 79.8 Å². The molecular formula is C26H23N3O5S. The summed E-state index contributed by atoms with van der Waals surface area (Å²) in [4.78, 5) is 24.9. The van der Waals surface area contributed by atoms with Gasteiger partial charge in [0.05, 0.1) is 22.9 Å². The van der Waals surface area contributed by atoms with Crippen LogP contribution in [0, 0.1) is 0 Å². The first-order valence-corrected chi connectivity index (χ1v) is 12.0. The molecular weight excluding hydrogens is 466 g/mol. The second kappa shape index (κ2) is 9.63. The van der Waals surface area contributed by atoms with Crippen LogP contribution in [0.15, 0.2) is 59.5 Å². The fourth-order valence-electron chi connectivity index (χ4n) is 3.75. The molecule has 1 aliphatic heterocycles. The van der Waals surface area contributed by atoms with E-state index in [2.05, 4.69) is 0 Å². The summed E-state index contributed by atoms with van der Waals surface area (Å²) in [6.07, 6.45) is 5.02. The standard InChI is InChI=1S/C26H23N3O5S/c1-3-32-24(30)15-23-28(2)26(31)22(35-23)14-18-16-29(19-7-5-4-6-8-19)27-25(18)17-9-10-20-21(13-17)34-12-11-33-20/h4-10,13-16H,3,11-12H2,1-2H3/b22-14-,23-15-. The molecule has 0 saturated heterocycles. The molecule has 0 bridgehead atoms. The maximum atomic E-state index is 13.0. The second-order valence-electron chi connectivity index (χ2n) is 7.78. The van der Waals surface area contributed by atoms with Crippen LogP contribution in [0.4, 0.5) is 0 Å². The highest BCUT2D eigenvalue weighted by molar-refractivity contribution is 7.07. The molecule has 35 heavy (non-hydrogen) atoms. The van der Waals surface area contributed by atoms with Gasteiger partial charge in [0.25, 0.3) is 5.56 Å². The number of hydrogen-bond donors (Lipinski definition) is 0. The van der Waals surface area contributed by atoms with Gasteiger partial charge in [-0.15, -0.1) is 11.3 Å². The average Bonchev–Trinajstić information content (AvgIpc) is 3.41. The fourth-order valence-corrected chi connectivity index (χ4v) is 4.76. The minimum absolute atomic E-state index is 0.203. The Kier molecular flexibility index (Phi) is 6.24. The third-order valence-corrected chi connectivity index (χ3v) is 6.57. The predicted octanol–water partition coefficient (Wildman–Crippen LogP) is 2.24. The molecule has 0 aliphatic carbocycles. The van der Waals surface area contributed by atoms with Crippen LogP contribution in [0.5, 0.6) is 11.5 Å². The third kappa shape index (κ3) is 4.63. The Bertz CT molecular complexity index is 1570. The Morgan fingerprint density at radius 1 is 1.14 bits per heavy atom. The largest absolute Gasteiger partial charge is 0.486 e. The maximum absolute atomic E-state index is 13.0. The van der Waals surface area contributed by atoms with E-state index in [-0.39, 0.29) is 12.2 Å². The van der Waals surface area contributed by atoms with Crippen LogP contribution in [-0.4, -0.2) is 40.1 Å². The summed E-state index contributed by atoms with van der Waals surface area (Å²) in [5.74, 6) is 0.872. The Morgan fingerprint density at radius 3 is 2.69 bits per heavy atom. The summed E-state index contributed by atoms with van der Waals surface area (Å²) in [6, 6.07) is 15.4. The van der Waals surface area contributed by atoms with Gasteiger partial charge >= 0.3 is 5.97 Å². The molecule has 1 aliphatic rings. The minimum atomic E-state index is -0.482. The van der Waals surface area contributed by atoms with E-state index in [4.69, 9.17) is 19.3 Å². The quantitative estimate of drug-likeness (QED) is 0.400. The Balaban J connectivity index is 1.67. The van der Waals surface area contributed by atoms with Crippen LogP contribution in [0.2, 0.25) is 0 Å². The molecule has 0 N–H and O–H groups in total. The Labute approximate surface area is 204 Å². The van der Waals surface area contributed by atoms with E-state index < -0.39 is 5.97 Å². The Morgan fingerprint density at radius 2 is 1.91 bits per heavy atom. The number of esters is 1. The lowest BCUT2D eigenvalue weighted by Gasteiger charge is -2.18. The van der Waals surface area contributed by atoms with Crippen molar-refractivity contribution in [2.75, 3.05) is 19.8 Å². The average molecular weight is 490 g/mol. The number of aromatic nitrogens is 3. The molecule has 5 rings (SSSR count). The summed E-state index contributed by atoms with van der Waals surface area (Å²) in [6.45, 7) is 3.01. The summed E-state index contributed by atoms with van der Waals surface area (Å²) in [7, 11) is 1.64. The van der Waals surface area contributed by atoms with Gasteiger partial charge in [0, 0.05) is 24.4 Å². The molecule has 0 unspecified atom stereocenters. The summed E-state index contributed by atoms with van der Waals surface area (Å²) in [5, 5.41) is 4.83. The molecule has 0 fully saturated rings. The van der Waals surface area contributed by atoms with Crippen LogP contribution in [0.3, 0.4) is 0 Å². The van der Waals surface area contributed by atoms with Crippen LogP contribution in [0.1, 0.15) is 12.5 Å². The number of benzene rings is 2. The first kappa shape index (κ1) is 22.7. The number of nitrogens with zero attached hydrogens (tertiary/aromatic N) is 3. The number of fused-ring (bicyclic) bond motifs is 1. The van der Waals surface area contributed by atoms with Crippen LogP contribution < -0.4 is 24.2 Å². The summed E-state index contributed by atoms with van der Waals surface area (Å²) < 4.78 is 20.6. The minimum Gasteiger partial charge on any atom is -0.486 e. The number of carbonyl (C=O) groups is 1. The van der Waals surface area contributed by atoms with Gasteiger partial charge in [-0.3, -0.25) is 4.79 Å². The van der Waals surface area contributed by atoms with Crippen molar-refractivity contribution in [1.29, 1.82) is 0 Å². The molecule has 0 atom stereocenters. The molecule has 3 heterocycles. The lowest BCUT2D eigenvalue weighted by molar-refractivity contribution is -0.135. The van der Waals surface area contributed by atoms with Gasteiger partial charge in [-0.25, -0.2) is 9.48 Å². The lowest BCUT2D eigenvalue weighted by atomic mass is 10.1. The zero-order valence-electron chi connectivity index (χ0n) is 19.3. The van der Waals surface area contributed by atoms with Crippen LogP contribution in [0.25, 0.3) is 29.1 Å². The molecule has 8 nitrogen and oxygen atoms in total. The third-order valence-electron chi connectivity index (χ3n) is 5.45. The highest BCUT2D eigenvalue weighted by Gasteiger charge is 2.17. The first-order chi connectivity index (χ1) is 17.0. The normalized spacial score (nSPS) is 13.8. The Hall–Kier alpha value is -4.11. The van der Waals surface area contributed by atoms with E-state index in [1.54, 1.807) is 24.7 Å². The highest BCUT2D eigenvalue weighted by atomic mass is 32.1. The first-order valence-electron chi connectivity index (χ1n) is 11.1. The maximum Gasteiger partial charge on any atom is 0.333 e. The predicted molar refractivity (Wildman–Crippen MR) is 133 cm³/mol. The van der Waals surface area contributed by atoms with Crippen molar-refractivity contribution in [3.8, 4) is 28.4 Å². The molecule has 4 aromatic rings. The summed E-state index contributed by atoms with van der Waals surface area (Å²) >= 11 is 1.22. The number of ether oxygens (including phenoxy) is 3. The zero-order chi connectivity index (χ0) is 24.4. The van der Waals surface area contributed by atoms with Gasteiger partial charge in [-0.05, 0) is 43.3 Å². The number of rotatable bonds is 5. The van der Waals surface area contributed by atoms with E-state index in [0.29, 0.717) is 39.6 Å². The fraction of sp³-hybridized carbons (Fsp3) is 0.192. The molecule has 0 amide bonds. The molecule has 178 valence electrons. The zero-order valence-corrected chi connectivity index (χ0v) is 20.1. The molecule has 2 aromatic heterocycles. The molecule has 2 aromatic carbocycles. The number of para-hydroxylation sites is 1. The van der Waals surface area contributed by atoms with Gasteiger partial charge in [-0.1, -0.05) is 18.2 Å². The van der Waals surface area contributed by atoms with Crippen molar-refractivity contribution >= 4 is 29.5 Å². The topological polar surface area (TPSA) is 84.6 Å². The molecule has 9 heteroatoms. The van der Waals surface area contributed by atoms with Crippen molar-refractivity contribution in [1.82, 2.24) is 14.3 Å². The van der Waals surface area contributed by atoms with E-state index in [9.17, 15) is 9.59 Å². The smallest absolute Gasteiger partial charge is 0.333 e. The van der Waals surface area contributed by atoms with Crippen molar-refractivity contribution in [2.45, 2.75) is 6.92 Å². The lowest BCUT2D eigenvalue weighted by Crippen LogP contribution is -2.29. The van der Waals surface area contributed by atoms with Crippen LogP contribution >= 0.6 is 11.3 Å². The van der Waals surface area contributed by atoms with Gasteiger partial charge < -0.3 is 18.8 Å². The van der Waals surface area contributed by atoms with Crippen molar-refractivity contribution in [3.63, 3.8) is 0 Å². The van der Waals surface area contributed by atoms with E-state index in [0.717, 1.165) is 16.8 Å². The van der Waals surface area contributed by atoms with Gasteiger partial charge in [0.1, 0.15) is 23.6 Å². The number of hydrogen-bond acceptors (Lipinski definition) is 7. The SMILES string of the molecule is CCOC(=O)/C=c1\s/c(=C\c2cn(-c3ccccc3)nc2-c2ccc3c(c2)OCCO3)c(=O)n1C. The van der Waals surface area contributed by atoms with Gasteiger partial charge in [0.15, 0.2) is 11.5 Å². The van der Waals surface area contributed by atoms with Gasteiger partial charge in [-0.2, -0.15) is 5.10 Å². The second-order valence-corrected chi connectivity index (χ2v) is 8.84. The highest BCUT2D eigenvalue weighted by Crippen LogP contribution is 2.35. The van der Waals surface area contributed by atoms with Crippen molar-refractivity contribution in [2.24, 2.45) is 7.05 Å². The number of thiazole rings is 1. The van der Waals surface area contributed by atoms with E-state index in [1.807, 2.05) is 54.7 Å². The van der Waals surface area contributed by atoms with Crippen molar-refractivity contribution < 1.29 is 19.0 Å². The van der Waals surface area contributed by atoms with Crippen LogP contribution in [-0.2, 0) is 16.6 Å². The van der Waals surface area contributed by atoms with E-state index >= 15 is 0 Å². The van der Waals surface area contributed by atoms with Gasteiger partial charge in [0.2, 0.25) is 0 Å². The molecule has 0 radical (unpaired) electrons. The summed E-state index contributed by atoms with van der Waals surface area (Å²) in [5.41, 5.74) is 2.97. The molecule has 0 spiro atoms. The monoisotopic (exact) mass is 489 g/mol. The number of carbonyl (C=O) groups excluding carboxylic acids is 1.